The summed E-state index contributed by atoms with van der Waals surface area (Å²) >= 11 is 3.58. The maximum absolute atomic E-state index is 8.70. The number of hydrogen-bond acceptors (Lipinski definition) is 3. The van der Waals surface area contributed by atoms with Crippen molar-refractivity contribution in [2.45, 2.75) is 51.1 Å². The van der Waals surface area contributed by atoms with Crippen molar-refractivity contribution in [3.63, 3.8) is 0 Å². The molecule has 2 N–H and O–H groups in total. The molecule has 0 saturated heterocycles. The highest BCUT2D eigenvalue weighted by Crippen LogP contribution is 2.27. The van der Waals surface area contributed by atoms with Crippen LogP contribution in [-0.4, -0.2) is 24.4 Å². The van der Waals surface area contributed by atoms with E-state index in [1.807, 2.05) is 6.07 Å². The molecule has 4 heteroatoms. The Morgan fingerprint density at radius 3 is 2.70 bits per heavy atom. The summed E-state index contributed by atoms with van der Waals surface area (Å²) in [7, 11) is 0. The van der Waals surface area contributed by atoms with E-state index >= 15 is 0 Å². The van der Waals surface area contributed by atoms with E-state index in [9.17, 15) is 0 Å². The SMILES string of the molecule is OCCCCCCOc1ccc(CNC2CC2)cc1Br. The molecule has 1 aliphatic rings. The lowest BCUT2D eigenvalue weighted by atomic mass is 10.2. The van der Waals surface area contributed by atoms with Gasteiger partial charge in [-0.2, -0.15) is 0 Å². The van der Waals surface area contributed by atoms with Gasteiger partial charge >= 0.3 is 0 Å². The Hall–Kier alpha value is -0.580. The molecule has 112 valence electrons. The first-order valence-electron chi connectivity index (χ1n) is 7.55. The second kappa shape index (κ2) is 8.65. The van der Waals surface area contributed by atoms with Gasteiger partial charge in [0, 0.05) is 19.2 Å². The van der Waals surface area contributed by atoms with Crippen molar-refractivity contribution in [1.82, 2.24) is 5.32 Å². The van der Waals surface area contributed by atoms with E-state index in [1.165, 1.54) is 18.4 Å². The van der Waals surface area contributed by atoms with Gasteiger partial charge in [-0.25, -0.2) is 0 Å². The molecule has 1 aromatic rings. The van der Waals surface area contributed by atoms with E-state index in [1.54, 1.807) is 0 Å². The molecule has 0 spiro atoms. The zero-order valence-corrected chi connectivity index (χ0v) is 13.5. The smallest absolute Gasteiger partial charge is 0.133 e. The number of nitrogens with one attached hydrogen (secondary N) is 1. The molecule has 1 fully saturated rings. The summed E-state index contributed by atoms with van der Waals surface area (Å²) in [5, 5.41) is 12.2. The third-order valence-corrected chi connectivity index (χ3v) is 4.10. The van der Waals surface area contributed by atoms with Crippen molar-refractivity contribution in [2.24, 2.45) is 0 Å². The first-order valence-corrected chi connectivity index (χ1v) is 8.34. The number of rotatable bonds is 10. The molecule has 0 amide bonds. The maximum atomic E-state index is 8.70. The molecular weight excluding hydrogens is 318 g/mol. The summed E-state index contributed by atoms with van der Waals surface area (Å²) in [6.07, 6.45) is 6.76. The van der Waals surface area contributed by atoms with E-state index in [2.05, 4.69) is 33.4 Å². The van der Waals surface area contributed by atoms with Crippen LogP contribution >= 0.6 is 15.9 Å². The maximum Gasteiger partial charge on any atom is 0.133 e. The number of aliphatic hydroxyl groups is 1. The van der Waals surface area contributed by atoms with Gasteiger partial charge in [-0.15, -0.1) is 0 Å². The fraction of sp³-hybridized carbons (Fsp3) is 0.625. The van der Waals surface area contributed by atoms with Crippen LogP contribution in [0.15, 0.2) is 22.7 Å². The molecular formula is C16H24BrNO2. The molecule has 0 bridgehead atoms. The minimum absolute atomic E-state index is 0.294. The Morgan fingerprint density at radius 1 is 1.20 bits per heavy atom. The summed E-state index contributed by atoms with van der Waals surface area (Å²) in [5.74, 6) is 0.919. The lowest BCUT2D eigenvalue weighted by Gasteiger charge is -2.10. The molecule has 2 rings (SSSR count). The van der Waals surface area contributed by atoms with Crippen LogP contribution in [0.1, 0.15) is 44.1 Å². The minimum atomic E-state index is 0.294. The predicted octanol–water partition coefficient (Wildman–Crippen LogP) is 3.63. The highest BCUT2D eigenvalue weighted by Gasteiger charge is 2.19. The summed E-state index contributed by atoms with van der Waals surface area (Å²) in [4.78, 5) is 0. The normalized spacial score (nSPS) is 14.5. The molecule has 0 heterocycles. The highest BCUT2D eigenvalue weighted by molar-refractivity contribution is 9.10. The number of unbranched alkanes of at least 4 members (excludes halogenated alkanes) is 3. The van der Waals surface area contributed by atoms with Crippen LogP contribution in [0.5, 0.6) is 5.75 Å². The summed E-state index contributed by atoms with van der Waals surface area (Å²) < 4.78 is 6.81. The van der Waals surface area contributed by atoms with Crippen LogP contribution in [0.4, 0.5) is 0 Å². The Labute approximate surface area is 129 Å². The van der Waals surface area contributed by atoms with Crippen LogP contribution in [-0.2, 0) is 6.54 Å². The van der Waals surface area contributed by atoms with Crippen molar-refractivity contribution in [2.75, 3.05) is 13.2 Å². The number of hydrogen-bond donors (Lipinski definition) is 2. The Kier molecular flexibility index (Phi) is 6.83. The van der Waals surface area contributed by atoms with Crippen LogP contribution in [0.25, 0.3) is 0 Å². The van der Waals surface area contributed by atoms with Gasteiger partial charge in [0.1, 0.15) is 5.75 Å². The van der Waals surface area contributed by atoms with Crippen molar-refractivity contribution in [1.29, 1.82) is 0 Å². The fourth-order valence-corrected chi connectivity index (χ4v) is 2.61. The molecule has 20 heavy (non-hydrogen) atoms. The summed E-state index contributed by atoms with van der Waals surface area (Å²) in [6, 6.07) is 7.04. The van der Waals surface area contributed by atoms with Gasteiger partial charge in [0.25, 0.3) is 0 Å². The predicted molar refractivity (Wildman–Crippen MR) is 85.1 cm³/mol. The van der Waals surface area contributed by atoms with E-state index in [4.69, 9.17) is 9.84 Å². The number of ether oxygens (including phenoxy) is 1. The molecule has 0 aromatic heterocycles. The topological polar surface area (TPSA) is 41.5 Å². The molecule has 0 aliphatic heterocycles. The first-order chi connectivity index (χ1) is 9.79. The van der Waals surface area contributed by atoms with Crippen molar-refractivity contribution in [3.8, 4) is 5.75 Å². The Morgan fingerprint density at radius 2 is 2.00 bits per heavy atom. The molecule has 0 atom stereocenters. The van der Waals surface area contributed by atoms with Gasteiger partial charge in [-0.1, -0.05) is 12.5 Å². The van der Waals surface area contributed by atoms with Crippen LogP contribution in [0.3, 0.4) is 0 Å². The lowest BCUT2D eigenvalue weighted by Crippen LogP contribution is -2.15. The van der Waals surface area contributed by atoms with E-state index in [0.29, 0.717) is 6.61 Å². The van der Waals surface area contributed by atoms with Gasteiger partial charge in [0.2, 0.25) is 0 Å². The average Bonchev–Trinajstić information content (AvgIpc) is 3.26. The quantitative estimate of drug-likeness (QED) is 0.638. The van der Waals surface area contributed by atoms with Gasteiger partial charge in [-0.05, 0) is 65.7 Å². The second-order valence-corrected chi connectivity index (χ2v) is 6.26. The van der Waals surface area contributed by atoms with Crippen molar-refractivity contribution >= 4 is 15.9 Å². The summed E-state index contributed by atoms with van der Waals surface area (Å²) in [5.41, 5.74) is 1.29. The van der Waals surface area contributed by atoms with Crippen molar-refractivity contribution in [3.05, 3.63) is 28.2 Å². The lowest BCUT2D eigenvalue weighted by molar-refractivity contribution is 0.273. The third-order valence-electron chi connectivity index (χ3n) is 3.48. The number of halogens is 1. The standard InChI is InChI=1S/C16H24BrNO2/c17-15-11-13(12-18-14-6-7-14)5-8-16(15)20-10-4-2-1-3-9-19/h5,8,11,14,18-19H,1-4,6-7,9-10,12H2. The average molecular weight is 342 g/mol. The molecule has 0 radical (unpaired) electrons. The minimum Gasteiger partial charge on any atom is -0.492 e. The summed E-state index contributed by atoms with van der Waals surface area (Å²) in [6.45, 7) is 1.97. The molecule has 1 saturated carbocycles. The first kappa shape index (κ1) is 15.8. The van der Waals surface area contributed by atoms with Gasteiger partial charge in [-0.3, -0.25) is 0 Å². The van der Waals surface area contributed by atoms with Crippen molar-refractivity contribution < 1.29 is 9.84 Å². The van der Waals surface area contributed by atoms with Gasteiger partial charge in [0.05, 0.1) is 11.1 Å². The zero-order chi connectivity index (χ0) is 14.2. The van der Waals surface area contributed by atoms with E-state index in [0.717, 1.165) is 55.1 Å². The number of benzene rings is 1. The monoisotopic (exact) mass is 341 g/mol. The highest BCUT2D eigenvalue weighted by atomic mass is 79.9. The second-order valence-electron chi connectivity index (χ2n) is 5.41. The Bertz CT molecular complexity index is 407. The fourth-order valence-electron chi connectivity index (χ4n) is 2.07. The van der Waals surface area contributed by atoms with E-state index < -0.39 is 0 Å². The molecule has 1 aliphatic carbocycles. The van der Waals surface area contributed by atoms with E-state index in [-0.39, 0.29) is 0 Å². The van der Waals surface area contributed by atoms with Crippen LogP contribution in [0, 0.1) is 0 Å². The number of aliphatic hydroxyl groups excluding tert-OH is 1. The largest absolute Gasteiger partial charge is 0.492 e. The molecule has 1 aromatic carbocycles. The van der Waals surface area contributed by atoms with Gasteiger partial charge in [0.15, 0.2) is 0 Å². The van der Waals surface area contributed by atoms with Crippen LogP contribution < -0.4 is 10.1 Å². The Balaban J connectivity index is 1.68. The third kappa shape index (κ3) is 5.81. The van der Waals surface area contributed by atoms with Gasteiger partial charge < -0.3 is 15.2 Å². The molecule has 3 nitrogen and oxygen atoms in total. The van der Waals surface area contributed by atoms with Crippen LogP contribution in [0.2, 0.25) is 0 Å². The zero-order valence-electron chi connectivity index (χ0n) is 11.9. The molecule has 0 unspecified atom stereocenters.